The van der Waals surface area contributed by atoms with Gasteiger partial charge in [-0.15, -0.1) is 0 Å². The third-order valence-corrected chi connectivity index (χ3v) is 6.69. The van der Waals surface area contributed by atoms with E-state index in [4.69, 9.17) is 0 Å². The number of piperidine rings is 1. The van der Waals surface area contributed by atoms with Gasteiger partial charge in [-0.2, -0.15) is 0 Å². The average molecular weight is 424 g/mol. The molecular formula is C26H34FN3O. The molecule has 0 spiro atoms. The number of benzene rings is 2. The maximum absolute atomic E-state index is 14.3. The standard InChI is InChI=1S/C26H34FN3O/c1-20-7-6-9-21(15-20)23-16-24(26(31)28-11-14-29-12-4-5-13-29)19-30(18-23)17-22-8-2-3-10-25(22)27/h2-3,6-10,15,23-24H,4-5,11-14,16-19H2,1H3,(H,28,31)/t23-,24+/m0/s1. The molecule has 0 saturated carbocycles. The van der Waals surface area contributed by atoms with Gasteiger partial charge in [-0.25, -0.2) is 4.39 Å². The smallest absolute Gasteiger partial charge is 0.224 e. The van der Waals surface area contributed by atoms with E-state index in [1.807, 2.05) is 12.1 Å². The quantitative estimate of drug-likeness (QED) is 0.732. The summed E-state index contributed by atoms with van der Waals surface area (Å²) >= 11 is 0. The Balaban J connectivity index is 1.44. The number of likely N-dealkylation sites (tertiary alicyclic amines) is 2. The average Bonchev–Trinajstić information content (AvgIpc) is 3.29. The summed E-state index contributed by atoms with van der Waals surface area (Å²) < 4.78 is 14.3. The second-order valence-electron chi connectivity index (χ2n) is 9.17. The third kappa shape index (κ3) is 5.92. The van der Waals surface area contributed by atoms with Crippen molar-refractivity contribution in [2.45, 2.75) is 38.6 Å². The Morgan fingerprint density at radius 3 is 2.65 bits per heavy atom. The van der Waals surface area contributed by atoms with E-state index in [0.717, 1.165) is 32.6 Å². The third-order valence-electron chi connectivity index (χ3n) is 6.69. The van der Waals surface area contributed by atoms with Gasteiger partial charge in [-0.05, 0) is 56.8 Å². The van der Waals surface area contributed by atoms with E-state index >= 15 is 0 Å². The van der Waals surface area contributed by atoms with Gasteiger partial charge >= 0.3 is 0 Å². The summed E-state index contributed by atoms with van der Waals surface area (Å²) in [6, 6.07) is 15.5. The van der Waals surface area contributed by atoms with Crippen molar-refractivity contribution in [1.29, 1.82) is 0 Å². The van der Waals surface area contributed by atoms with Crippen molar-refractivity contribution in [2.24, 2.45) is 5.92 Å². The number of halogens is 1. The SMILES string of the molecule is Cc1cccc([C@H]2C[C@@H](C(=O)NCCN3CCCC3)CN(Cc3ccccc3F)C2)c1. The molecule has 2 fully saturated rings. The number of nitrogens with one attached hydrogen (secondary N) is 1. The second kappa shape index (κ2) is 10.4. The first-order valence-electron chi connectivity index (χ1n) is 11.6. The molecule has 2 atom stereocenters. The van der Waals surface area contributed by atoms with Gasteiger partial charge in [-0.1, -0.05) is 48.0 Å². The molecule has 0 unspecified atom stereocenters. The van der Waals surface area contributed by atoms with Gasteiger partial charge in [0.15, 0.2) is 0 Å². The number of hydrogen-bond acceptors (Lipinski definition) is 3. The molecule has 2 aromatic rings. The molecule has 0 aliphatic carbocycles. The van der Waals surface area contributed by atoms with Crippen molar-refractivity contribution in [2.75, 3.05) is 39.3 Å². The molecule has 0 radical (unpaired) electrons. The lowest BCUT2D eigenvalue weighted by atomic mass is 9.83. The number of nitrogens with zero attached hydrogens (tertiary/aromatic N) is 2. The molecule has 5 heteroatoms. The maximum atomic E-state index is 14.3. The van der Waals surface area contributed by atoms with Crippen molar-refractivity contribution < 1.29 is 9.18 Å². The largest absolute Gasteiger partial charge is 0.355 e. The van der Waals surface area contributed by atoms with Crippen LogP contribution in [0.25, 0.3) is 0 Å². The van der Waals surface area contributed by atoms with E-state index in [-0.39, 0.29) is 23.6 Å². The van der Waals surface area contributed by atoms with E-state index in [1.54, 1.807) is 6.07 Å². The summed E-state index contributed by atoms with van der Waals surface area (Å²) in [7, 11) is 0. The van der Waals surface area contributed by atoms with Crippen LogP contribution in [-0.4, -0.2) is 55.0 Å². The summed E-state index contributed by atoms with van der Waals surface area (Å²) in [6.45, 7) is 8.08. The second-order valence-corrected chi connectivity index (χ2v) is 9.17. The van der Waals surface area contributed by atoms with Crippen molar-refractivity contribution in [3.05, 3.63) is 71.0 Å². The van der Waals surface area contributed by atoms with Crippen LogP contribution in [0.3, 0.4) is 0 Å². The van der Waals surface area contributed by atoms with Gasteiger partial charge in [0.2, 0.25) is 5.91 Å². The Labute approximate surface area is 185 Å². The molecule has 0 aromatic heterocycles. The molecule has 2 aliphatic rings. The van der Waals surface area contributed by atoms with Crippen molar-refractivity contribution >= 4 is 5.91 Å². The number of amides is 1. The topological polar surface area (TPSA) is 35.6 Å². The monoisotopic (exact) mass is 423 g/mol. The molecule has 2 aromatic carbocycles. The Hall–Kier alpha value is -2.24. The first-order chi connectivity index (χ1) is 15.1. The molecule has 1 N–H and O–H groups in total. The molecule has 2 aliphatic heterocycles. The highest BCUT2D eigenvalue weighted by molar-refractivity contribution is 5.79. The van der Waals surface area contributed by atoms with Crippen LogP contribution in [0.4, 0.5) is 4.39 Å². The fraction of sp³-hybridized carbons (Fsp3) is 0.500. The van der Waals surface area contributed by atoms with Crippen LogP contribution >= 0.6 is 0 Å². The Bertz CT molecular complexity index is 880. The van der Waals surface area contributed by atoms with E-state index in [9.17, 15) is 9.18 Å². The first-order valence-corrected chi connectivity index (χ1v) is 11.6. The normalized spacial score (nSPS) is 22.5. The summed E-state index contributed by atoms with van der Waals surface area (Å²) in [5.41, 5.74) is 3.20. The molecule has 166 valence electrons. The zero-order chi connectivity index (χ0) is 21.6. The minimum absolute atomic E-state index is 0.0791. The minimum atomic E-state index is -0.174. The van der Waals surface area contributed by atoms with Crippen LogP contribution < -0.4 is 5.32 Å². The van der Waals surface area contributed by atoms with Crippen LogP contribution in [0.1, 0.15) is 41.9 Å². The number of rotatable bonds is 7. The fourth-order valence-electron chi connectivity index (χ4n) is 5.03. The lowest BCUT2D eigenvalue weighted by Crippen LogP contribution is -2.46. The maximum Gasteiger partial charge on any atom is 0.224 e. The summed E-state index contributed by atoms with van der Waals surface area (Å²) in [5, 5.41) is 3.18. The molecule has 0 bridgehead atoms. The van der Waals surface area contributed by atoms with Gasteiger partial charge in [0, 0.05) is 38.3 Å². The Morgan fingerprint density at radius 1 is 1.06 bits per heavy atom. The van der Waals surface area contributed by atoms with E-state index in [2.05, 4.69) is 46.3 Å². The fourth-order valence-corrected chi connectivity index (χ4v) is 5.03. The van der Waals surface area contributed by atoms with Gasteiger partial charge in [0.1, 0.15) is 5.82 Å². The number of hydrogen-bond donors (Lipinski definition) is 1. The van der Waals surface area contributed by atoms with Crippen molar-refractivity contribution in [3.8, 4) is 0 Å². The lowest BCUT2D eigenvalue weighted by Gasteiger charge is -2.37. The number of carbonyl (C=O) groups is 1. The van der Waals surface area contributed by atoms with Crippen LogP contribution in [-0.2, 0) is 11.3 Å². The predicted molar refractivity (Wildman–Crippen MR) is 122 cm³/mol. The highest BCUT2D eigenvalue weighted by Gasteiger charge is 2.32. The van der Waals surface area contributed by atoms with E-state index < -0.39 is 0 Å². The van der Waals surface area contributed by atoms with Gasteiger partial charge < -0.3 is 10.2 Å². The van der Waals surface area contributed by atoms with Crippen molar-refractivity contribution in [3.63, 3.8) is 0 Å². The minimum Gasteiger partial charge on any atom is -0.355 e. The molecule has 31 heavy (non-hydrogen) atoms. The Morgan fingerprint density at radius 2 is 1.87 bits per heavy atom. The van der Waals surface area contributed by atoms with Crippen molar-refractivity contribution in [1.82, 2.24) is 15.1 Å². The molecular weight excluding hydrogens is 389 g/mol. The first kappa shape index (κ1) is 22.0. The zero-order valence-electron chi connectivity index (χ0n) is 18.5. The summed E-state index contributed by atoms with van der Waals surface area (Å²) in [4.78, 5) is 17.7. The molecule has 4 nitrogen and oxygen atoms in total. The van der Waals surface area contributed by atoms with E-state index in [0.29, 0.717) is 25.2 Å². The number of aryl methyl sites for hydroxylation is 1. The van der Waals surface area contributed by atoms with Crippen LogP contribution in [0.5, 0.6) is 0 Å². The molecule has 1 amide bonds. The van der Waals surface area contributed by atoms with Gasteiger partial charge in [0.25, 0.3) is 0 Å². The van der Waals surface area contributed by atoms with Crippen LogP contribution in [0.2, 0.25) is 0 Å². The van der Waals surface area contributed by atoms with Gasteiger partial charge in [0.05, 0.1) is 5.92 Å². The predicted octanol–water partition coefficient (Wildman–Crippen LogP) is 3.95. The summed E-state index contributed by atoms with van der Waals surface area (Å²) in [5.74, 6) is 0.154. The highest BCUT2D eigenvalue weighted by atomic mass is 19.1. The van der Waals surface area contributed by atoms with E-state index in [1.165, 1.54) is 30.0 Å². The molecule has 2 heterocycles. The Kier molecular flexibility index (Phi) is 7.36. The number of carbonyl (C=O) groups excluding carboxylic acids is 1. The molecule has 4 rings (SSSR count). The van der Waals surface area contributed by atoms with Gasteiger partial charge in [-0.3, -0.25) is 9.69 Å². The molecule has 2 saturated heterocycles. The van der Waals surface area contributed by atoms with Crippen LogP contribution in [0.15, 0.2) is 48.5 Å². The zero-order valence-corrected chi connectivity index (χ0v) is 18.5. The highest BCUT2D eigenvalue weighted by Crippen LogP contribution is 2.32. The lowest BCUT2D eigenvalue weighted by molar-refractivity contribution is -0.127. The van der Waals surface area contributed by atoms with Crippen LogP contribution in [0, 0.1) is 18.7 Å². The summed E-state index contributed by atoms with van der Waals surface area (Å²) in [6.07, 6.45) is 3.37.